The number of anilines is 1. The Morgan fingerprint density at radius 1 is 1.11 bits per heavy atom. The van der Waals surface area contributed by atoms with Crippen molar-refractivity contribution in [3.63, 3.8) is 0 Å². The number of halogens is 1. The van der Waals surface area contributed by atoms with E-state index < -0.39 is 6.16 Å². The van der Waals surface area contributed by atoms with Crippen LogP contribution in [0.4, 0.5) is 10.5 Å². The van der Waals surface area contributed by atoms with Crippen molar-refractivity contribution >= 4 is 40.7 Å². The Bertz CT molecular complexity index is 997. The number of hydrogen-bond acceptors (Lipinski definition) is 4. The van der Waals surface area contributed by atoms with Crippen LogP contribution >= 0.6 is 22.9 Å². The number of amides is 1. The Hall–Kier alpha value is -2.83. The van der Waals surface area contributed by atoms with Crippen LogP contribution in [0.3, 0.4) is 0 Å². The number of benzene rings is 2. The van der Waals surface area contributed by atoms with Crippen LogP contribution in [0.15, 0.2) is 54.6 Å². The largest absolute Gasteiger partial charge is 0.512 e. The molecule has 0 fully saturated rings. The van der Waals surface area contributed by atoms with E-state index in [0.29, 0.717) is 21.2 Å². The number of rotatable bonds is 4. The Labute approximate surface area is 165 Å². The molecule has 0 radical (unpaired) electrons. The molecule has 138 valence electrons. The van der Waals surface area contributed by atoms with Gasteiger partial charge in [-0.05, 0) is 31.2 Å². The molecule has 27 heavy (non-hydrogen) atoms. The second kappa shape index (κ2) is 7.82. The number of ether oxygens (including phenoxy) is 1. The van der Waals surface area contributed by atoms with Crippen molar-refractivity contribution in [3.05, 3.63) is 70.7 Å². The summed E-state index contributed by atoms with van der Waals surface area (Å²) in [5, 5.41) is 9.69. The molecule has 0 atom stereocenters. The predicted molar refractivity (Wildman–Crippen MR) is 107 cm³/mol. The highest BCUT2D eigenvalue weighted by atomic mass is 35.5. The van der Waals surface area contributed by atoms with Crippen molar-refractivity contribution in [2.45, 2.75) is 6.92 Å². The summed E-state index contributed by atoms with van der Waals surface area (Å²) in [7, 11) is 1.58. The molecule has 7 heteroatoms. The lowest BCUT2D eigenvalue weighted by molar-refractivity contribution is 0.0991. The van der Waals surface area contributed by atoms with Gasteiger partial charge in [-0.1, -0.05) is 58.8 Å². The first-order valence-electron chi connectivity index (χ1n) is 8.01. The Morgan fingerprint density at radius 3 is 2.41 bits per heavy atom. The number of hydrogen-bond donors (Lipinski definition) is 1. The smallest absolute Gasteiger partial charge is 0.449 e. The molecule has 3 rings (SSSR count). The molecular formula is C20H16ClNO4S. The monoisotopic (exact) mass is 401 g/mol. The van der Waals surface area contributed by atoms with Crippen LogP contribution in [0.5, 0.6) is 5.06 Å². The minimum atomic E-state index is -1.44. The number of carbonyl (C=O) groups excluding carboxylic acids is 1. The van der Waals surface area contributed by atoms with Crippen LogP contribution in [0.2, 0.25) is 5.02 Å². The molecule has 0 aliphatic carbocycles. The number of nitrogens with zero attached hydrogens (tertiary/aromatic N) is 1. The van der Waals surface area contributed by atoms with Gasteiger partial charge in [0, 0.05) is 28.1 Å². The van der Waals surface area contributed by atoms with Gasteiger partial charge in [-0.15, -0.1) is 0 Å². The Morgan fingerprint density at radius 2 is 1.78 bits per heavy atom. The normalized spacial score (nSPS) is 10.5. The lowest BCUT2D eigenvalue weighted by Gasteiger charge is -2.17. The first kappa shape index (κ1) is 18.9. The van der Waals surface area contributed by atoms with Crippen molar-refractivity contribution in [2.24, 2.45) is 0 Å². The molecule has 2 aromatic carbocycles. The van der Waals surface area contributed by atoms with Crippen LogP contribution < -0.4 is 9.64 Å². The highest BCUT2D eigenvalue weighted by molar-refractivity contribution is 7.18. The van der Waals surface area contributed by atoms with Gasteiger partial charge in [0.25, 0.3) is 5.91 Å². The third kappa shape index (κ3) is 4.13. The van der Waals surface area contributed by atoms with Gasteiger partial charge in [-0.25, -0.2) is 4.79 Å². The fraction of sp³-hybridized carbons (Fsp3) is 0.100. The zero-order valence-corrected chi connectivity index (χ0v) is 16.2. The molecule has 0 aliphatic rings. The zero-order chi connectivity index (χ0) is 19.6. The fourth-order valence-corrected chi connectivity index (χ4v) is 3.91. The van der Waals surface area contributed by atoms with Crippen molar-refractivity contribution in [1.29, 1.82) is 0 Å². The summed E-state index contributed by atoms with van der Waals surface area (Å²) in [6, 6.07) is 16.1. The second-order valence-corrected chi connectivity index (χ2v) is 7.28. The van der Waals surface area contributed by atoms with E-state index in [-0.39, 0.29) is 11.0 Å². The molecule has 5 nitrogen and oxygen atoms in total. The van der Waals surface area contributed by atoms with Crippen LogP contribution in [0.25, 0.3) is 10.4 Å². The summed E-state index contributed by atoms with van der Waals surface area (Å²) in [4.78, 5) is 26.0. The number of thiophene rings is 1. The zero-order valence-electron chi connectivity index (χ0n) is 14.6. The number of aryl methyl sites for hydroxylation is 1. The van der Waals surface area contributed by atoms with Gasteiger partial charge in [-0.3, -0.25) is 4.79 Å². The summed E-state index contributed by atoms with van der Waals surface area (Å²) in [6.07, 6.45) is -1.44. The maximum Gasteiger partial charge on any atom is 0.512 e. The summed E-state index contributed by atoms with van der Waals surface area (Å²) in [5.41, 5.74) is 2.64. The third-order valence-electron chi connectivity index (χ3n) is 3.96. The van der Waals surface area contributed by atoms with E-state index in [0.717, 1.165) is 22.5 Å². The maximum atomic E-state index is 12.8. The van der Waals surface area contributed by atoms with E-state index in [1.54, 1.807) is 31.3 Å². The SMILES string of the molecule is Cc1ccc(C(=O)N(C)c2cc(-c3ccccc3Cl)sc2OC(=O)O)cc1. The second-order valence-electron chi connectivity index (χ2n) is 5.86. The number of carboxylic acid groups (broad SMARTS) is 1. The molecule has 0 saturated carbocycles. The summed E-state index contributed by atoms with van der Waals surface area (Å²) >= 11 is 7.36. The molecule has 1 N–H and O–H groups in total. The molecule has 0 spiro atoms. The summed E-state index contributed by atoms with van der Waals surface area (Å²) in [6.45, 7) is 1.94. The van der Waals surface area contributed by atoms with Gasteiger partial charge >= 0.3 is 6.16 Å². The quantitative estimate of drug-likeness (QED) is 0.568. The average Bonchev–Trinajstić information content (AvgIpc) is 3.04. The van der Waals surface area contributed by atoms with Gasteiger partial charge in [-0.2, -0.15) is 0 Å². The van der Waals surface area contributed by atoms with Gasteiger partial charge in [0.05, 0.1) is 5.69 Å². The summed E-state index contributed by atoms with van der Waals surface area (Å²) < 4.78 is 4.91. The van der Waals surface area contributed by atoms with Gasteiger partial charge < -0.3 is 14.7 Å². The number of carbonyl (C=O) groups is 2. The summed E-state index contributed by atoms with van der Waals surface area (Å²) in [5.74, 6) is -0.270. The Balaban J connectivity index is 2.02. The van der Waals surface area contributed by atoms with Gasteiger partial charge in [0.2, 0.25) is 5.06 Å². The Kier molecular flexibility index (Phi) is 5.48. The van der Waals surface area contributed by atoms with Gasteiger partial charge in [0.1, 0.15) is 0 Å². The molecule has 0 unspecified atom stereocenters. The highest BCUT2D eigenvalue weighted by Crippen LogP contribution is 2.44. The maximum absolute atomic E-state index is 12.8. The van der Waals surface area contributed by atoms with E-state index in [9.17, 15) is 9.59 Å². The molecular weight excluding hydrogens is 386 g/mol. The van der Waals surface area contributed by atoms with Crippen molar-refractivity contribution in [2.75, 3.05) is 11.9 Å². The van der Waals surface area contributed by atoms with E-state index in [4.69, 9.17) is 21.4 Å². The minimum Gasteiger partial charge on any atom is -0.449 e. The standard InChI is InChI=1S/C20H16ClNO4S/c1-12-7-9-13(10-8-12)18(23)22(2)16-11-17(27-19(16)26-20(24)25)14-5-3-4-6-15(14)21/h3-11H,1-2H3,(H,24,25). The van der Waals surface area contributed by atoms with E-state index in [2.05, 4.69) is 0 Å². The van der Waals surface area contributed by atoms with Crippen molar-refractivity contribution < 1.29 is 19.4 Å². The topological polar surface area (TPSA) is 66.8 Å². The molecule has 0 saturated heterocycles. The lowest BCUT2D eigenvalue weighted by Crippen LogP contribution is -2.26. The van der Waals surface area contributed by atoms with Gasteiger partial charge in [0.15, 0.2) is 0 Å². The average molecular weight is 402 g/mol. The first-order valence-corrected chi connectivity index (χ1v) is 9.20. The molecule has 1 amide bonds. The van der Waals surface area contributed by atoms with Crippen molar-refractivity contribution in [3.8, 4) is 15.5 Å². The van der Waals surface area contributed by atoms with Crippen LogP contribution in [0, 0.1) is 6.92 Å². The molecule has 3 aromatic rings. The fourth-order valence-electron chi connectivity index (χ4n) is 2.54. The lowest BCUT2D eigenvalue weighted by atomic mass is 10.1. The van der Waals surface area contributed by atoms with E-state index in [1.807, 2.05) is 37.3 Å². The first-order chi connectivity index (χ1) is 12.9. The van der Waals surface area contributed by atoms with Crippen LogP contribution in [-0.2, 0) is 0 Å². The minimum absolute atomic E-state index is 0.111. The van der Waals surface area contributed by atoms with Crippen LogP contribution in [-0.4, -0.2) is 24.2 Å². The molecule has 0 bridgehead atoms. The molecule has 0 aliphatic heterocycles. The predicted octanol–water partition coefficient (Wildman–Crippen LogP) is 5.71. The third-order valence-corrected chi connectivity index (χ3v) is 5.33. The van der Waals surface area contributed by atoms with Crippen molar-refractivity contribution in [1.82, 2.24) is 0 Å². The van der Waals surface area contributed by atoms with Crippen LogP contribution in [0.1, 0.15) is 15.9 Å². The molecule has 1 aromatic heterocycles. The molecule has 1 heterocycles. The highest BCUT2D eigenvalue weighted by Gasteiger charge is 2.23. The van der Waals surface area contributed by atoms with E-state index >= 15 is 0 Å². The van der Waals surface area contributed by atoms with E-state index in [1.165, 1.54) is 4.90 Å².